The van der Waals surface area contributed by atoms with Crippen molar-refractivity contribution in [2.45, 2.75) is 44.6 Å². The summed E-state index contributed by atoms with van der Waals surface area (Å²) in [6.07, 6.45) is 12.6. The molecule has 1 aliphatic rings. The number of hydrogen-bond donors (Lipinski definition) is 1. The molecule has 134 valence electrons. The zero-order valence-electron chi connectivity index (χ0n) is 14.8. The summed E-state index contributed by atoms with van der Waals surface area (Å²) in [4.78, 5) is 13.0. The molecular formula is C21H24N4O. The Morgan fingerprint density at radius 1 is 0.962 bits per heavy atom. The molecule has 0 radical (unpaired) electrons. The van der Waals surface area contributed by atoms with Gasteiger partial charge in [0.15, 0.2) is 5.82 Å². The van der Waals surface area contributed by atoms with Gasteiger partial charge in [0.2, 0.25) is 0 Å². The lowest BCUT2D eigenvalue weighted by molar-refractivity contribution is 0.0933. The van der Waals surface area contributed by atoms with Crippen LogP contribution in [0.15, 0.2) is 61.1 Å². The molecular weight excluding hydrogens is 324 g/mol. The zero-order valence-corrected chi connectivity index (χ0v) is 14.8. The molecule has 0 saturated heterocycles. The van der Waals surface area contributed by atoms with E-state index in [1.54, 1.807) is 6.20 Å². The van der Waals surface area contributed by atoms with Crippen molar-refractivity contribution >= 4 is 5.91 Å². The van der Waals surface area contributed by atoms with Crippen LogP contribution in [0.25, 0.3) is 11.5 Å². The topological polar surface area (TPSA) is 51.9 Å². The molecule has 1 aromatic carbocycles. The maximum Gasteiger partial charge on any atom is 0.256 e. The van der Waals surface area contributed by atoms with Crippen molar-refractivity contribution in [2.24, 2.45) is 0 Å². The summed E-state index contributed by atoms with van der Waals surface area (Å²) >= 11 is 0. The Hall–Kier alpha value is -2.82. The molecule has 1 N–H and O–H groups in total. The van der Waals surface area contributed by atoms with Gasteiger partial charge in [-0.2, -0.15) is 5.10 Å². The number of aromatic nitrogens is 3. The van der Waals surface area contributed by atoms with Crippen LogP contribution < -0.4 is 5.32 Å². The summed E-state index contributed by atoms with van der Waals surface area (Å²) in [6, 6.07) is 14.1. The molecule has 1 aliphatic carbocycles. The molecule has 4 rings (SSSR count). The summed E-state index contributed by atoms with van der Waals surface area (Å²) in [6.45, 7) is 0. The van der Waals surface area contributed by atoms with E-state index >= 15 is 0 Å². The number of para-hydroxylation sites is 1. The number of nitrogens with zero attached hydrogens (tertiary/aromatic N) is 3. The molecule has 0 atom stereocenters. The van der Waals surface area contributed by atoms with Crippen molar-refractivity contribution < 1.29 is 4.79 Å². The van der Waals surface area contributed by atoms with Crippen molar-refractivity contribution in [2.75, 3.05) is 0 Å². The van der Waals surface area contributed by atoms with E-state index in [9.17, 15) is 4.79 Å². The van der Waals surface area contributed by atoms with E-state index in [0.29, 0.717) is 5.56 Å². The fraction of sp³-hybridized carbons (Fsp3) is 0.333. The molecule has 0 spiro atoms. The fourth-order valence-electron chi connectivity index (χ4n) is 3.67. The minimum absolute atomic E-state index is 0.0391. The Morgan fingerprint density at radius 3 is 2.35 bits per heavy atom. The fourth-order valence-corrected chi connectivity index (χ4v) is 3.67. The highest BCUT2D eigenvalue weighted by molar-refractivity contribution is 5.97. The lowest BCUT2D eigenvalue weighted by Crippen LogP contribution is -2.34. The van der Waals surface area contributed by atoms with E-state index in [-0.39, 0.29) is 11.9 Å². The second-order valence-electron chi connectivity index (χ2n) is 6.88. The minimum atomic E-state index is -0.0391. The van der Waals surface area contributed by atoms with Crippen LogP contribution in [0.3, 0.4) is 0 Å². The molecule has 2 heterocycles. The molecule has 1 amide bonds. The molecule has 0 bridgehead atoms. The highest BCUT2D eigenvalue weighted by Gasteiger charge is 2.22. The normalized spacial score (nSPS) is 15.5. The van der Waals surface area contributed by atoms with Crippen LogP contribution in [-0.4, -0.2) is 26.3 Å². The van der Waals surface area contributed by atoms with Gasteiger partial charge in [0.25, 0.3) is 5.91 Å². The van der Waals surface area contributed by atoms with Gasteiger partial charge in [-0.1, -0.05) is 43.9 Å². The van der Waals surface area contributed by atoms with Crippen LogP contribution in [0, 0.1) is 0 Å². The summed E-state index contributed by atoms with van der Waals surface area (Å²) in [5.41, 5.74) is 1.54. The predicted octanol–water partition coefficient (Wildman–Crippen LogP) is 4.12. The first kappa shape index (κ1) is 16.6. The number of amides is 1. The van der Waals surface area contributed by atoms with Gasteiger partial charge in [-0.3, -0.25) is 4.79 Å². The molecule has 2 aromatic heterocycles. The van der Waals surface area contributed by atoms with Crippen molar-refractivity contribution in [3.8, 4) is 11.5 Å². The van der Waals surface area contributed by atoms with Gasteiger partial charge in [0.1, 0.15) is 5.56 Å². The Balaban J connectivity index is 1.67. The van der Waals surface area contributed by atoms with Crippen molar-refractivity contribution in [1.29, 1.82) is 0 Å². The number of rotatable bonds is 4. The number of carbonyl (C=O) groups excluding carboxylic acids is 1. The predicted molar refractivity (Wildman–Crippen MR) is 102 cm³/mol. The summed E-state index contributed by atoms with van der Waals surface area (Å²) in [7, 11) is 0. The van der Waals surface area contributed by atoms with Gasteiger partial charge < -0.3 is 9.88 Å². The standard InChI is InChI=1S/C21H24N4O/c26-20(23-17-10-4-1-2-5-11-17)19-16-22-25(18-12-6-3-7-13-18)21(19)24-14-8-9-15-24/h3,6-9,12-17H,1-2,4-5,10-11H2,(H,23,26). The Kier molecular flexibility index (Phi) is 4.86. The average Bonchev–Trinajstić information content (AvgIpc) is 3.28. The molecule has 1 fully saturated rings. The monoisotopic (exact) mass is 348 g/mol. The Morgan fingerprint density at radius 2 is 1.65 bits per heavy atom. The van der Waals surface area contributed by atoms with Gasteiger partial charge in [-0.25, -0.2) is 4.68 Å². The highest BCUT2D eigenvalue weighted by Crippen LogP contribution is 2.22. The lowest BCUT2D eigenvalue weighted by atomic mass is 10.1. The number of hydrogen-bond acceptors (Lipinski definition) is 2. The van der Waals surface area contributed by atoms with Crippen LogP contribution in [0.2, 0.25) is 0 Å². The van der Waals surface area contributed by atoms with Crippen LogP contribution in [0.1, 0.15) is 48.9 Å². The van der Waals surface area contributed by atoms with Gasteiger partial charge in [-0.15, -0.1) is 0 Å². The van der Waals surface area contributed by atoms with E-state index in [1.807, 2.05) is 64.1 Å². The highest BCUT2D eigenvalue weighted by atomic mass is 16.1. The summed E-state index contributed by atoms with van der Waals surface area (Å²) in [5.74, 6) is 0.732. The average molecular weight is 348 g/mol. The van der Waals surface area contributed by atoms with Crippen LogP contribution in [0.4, 0.5) is 0 Å². The maximum atomic E-state index is 13.0. The van der Waals surface area contributed by atoms with Crippen LogP contribution in [0.5, 0.6) is 0 Å². The third-order valence-corrected chi connectivity index (χ3v) is 5.03. The van der Waals surface area contributed by atoms with E-state index in [4.69, 9.17) is 0 Å². The van der Waals surface area contributed by atoms with Crippen LogP contribution >= 0.6 is 0 Å². The van der Waals surface area contributed by atoms with Gasteiger partial charge >= 0.3 is 0 Å². The molecule has 5 nitrogen and oxygen atoms in total. The van der Waals surface area contributed by atoms with E-state index in [2.05, 4.69) is 10.4 Å². The number of carbonyl (C=O) groups is 1. The zero-order chi connectivity index (χ0) is 17.8. The second-order valence-corrected chi connectivity index (χ2v) is 6.88. The van der Waals surface area contributed by atoms with Crippen molar-refractivity contribution in [3.63, 3.8) is 0 Å². The quantitative estimate of drug-likeness (QED) is 0.721. The first-order valence-corrected chi connectivity index (χ1v) is 9.40. The number of nitrogens with one attached hydrogen (secondary N) is 1. The largest absolute Gasteiger partial charge is 0.349 e. The Bertz CT molecular complexity index is 844. The second kappa shape index (κ2) is 7.60. The number of benzene rings is 1. The first-order chi connectivity index (χ1) is 12.8. The third kappa shape index (κ3) is 3.43. The van der Waals surface area contributed by atoms with Gasteiger partial charge in [-0.05, 0) is 37.1 Å². The van der Waals surface area contributed by atoms with Gasteiger partial charge in [0.05, 0.1) is 11.9 Å². The molecule has 26 heavy (non-hydrogen) atoms. The summed E-state index contributed by atoms with van der Waals surface area (Å²) < 4.78 is 3.77. The molecule has 0 unspecified atom stereocenters. The summed E-state index contributed by atoms with van der Waals surface area (Å²) in [5, 5.41) is 7.75. The first-order valence-electron chi connectivity index (χ1n) is 9.40. The van der Waals surface area contributed by atoms with Crippen molar-refractivity contribution in [1.82, 2.24) is 19.7 Å². The maximum absolute atomic E-state index is 13.0. The molecule has 3 aromatic rings. The third-order valence-electron chi connectivity index (χ3n) is 5.03. The van der Waals surface area contributed by atoms with E-state index < -0.39 is 0 Å². The molecule has 1 saturated carbocycles. The Labute approximate surface area is 153 Å². The smallest absolute Gasteiger partial charge is 0.256 e. The van der Waals surface area contributed by atoms with Crippen LogP contribution in [-0.2, 0) is 0 Å². The molecule has 5 heteroatoms. The minimum Gasteiger partial charge on any atom is -0.349 e. The van der Waals surface area contributed by atoms with Crippen molar-refractivity contribution in [3.05, 3.63) is 66.6 Å². The SMILES string of the molecule is O=C(NC1CCCCCC1)c1cnn(-c2ccccc2)c1-n1cccc1. The lowest BCUT2D eigenvalue weighted by Gasteiger charge is -2.17. The molecule has 0 aliphatic heterocycles. The van der Waals surface area contributed by atoms with E-state index in [0.717, 1.165) is 24.3 Å². The van der Waals surface area contributed by atoms with E-state index in [1.165, 1.54) is 25.7 Å². The van der Waals surface area contributed by atoms with Gasteiger partial charge in [0, 0.05) is 18.4 Å².